The first-order chi connectivity index (χ1) is 9.31. The third-order valence-corrected chi connectivity index (χ3v) is 3.28. The molecule has 100 valence electrons. The topological polar surface area (TPSA) is 85.0 Å². The van der Waals surface area contributed by atoms with Crippen LogP contribution in [-0.2, 0) is 13.0 Å². The highest BCUT2D eigenvalue weighted by Gasteiger charge is 2.19. The van der Waals surface area contributed by atoms with E-state index in [-0.39, 0.29) is 6.03 Å². The average Bonchev–Trinajstić information content (AvgIpc) is 3.06. The molecule has 1 aliphatic rings. The number of carbonyl (C=O) groups excluding carboxylic acids is 1. The van der Waals surface area contributed by atoms with E-state index >= 15 is 0 Å². The predicted octanol–water partition coefficient (Wildman–Crippen LogP) is 1.26. The fourth-order valence-corrected chi connectivity index (χ4v) is 2.26. The molecule has 1 atom stereocenters. The summed E-state index contributed by atoms with van der Waals surface area (Å²) in [6, 6.07) is 1.33. The van der Waals surface area contributed by atoms with Gasteiger partial charge in [0.1, 0.15) is 12.1 Å². The molecule has 2 aromatic rings. The Morgan fingerprint density at radius 3 is 3.37 bits per heavy atom. The van der Waals surface area contributed by atoms with Crippen molar-refractivity contribution in [1.29, 1.82) is 0 Å². The molecule has 3 heterocycles. The van der Waals surface area contributed by atoms with Gasteiger partial charge in [0, 0.05) is 38.0 Å². The molecule has 0 radical (unpaired) electrons. The third-order valence-electron chi connectivity index (χ3n) is 3.28. The van der Waals surface area contributed by atoms with Crippen LogP contribution in [0.3, 0.4) is 0 Å². The second-order valence-electron chi connectivity index (χ2n) is 4.62. The molecule has 0 bridgehead atoms. The SMILES string of the molecule is O=C(NC[C@@H]1CCn2ccnc2C1)Nc1ccon1. The summed E-state index contributed by atoms with van der Waals surface area (Å²) in [5, 5.41) is 9.06. The second-order valence-corrected chi connectivity index (χ2v) is 4.62. The molecule has 0 saturated carbocycles. The fourth-order valence-electron chi connectivity index (χ4n) is 2.26. The summed E-state index contributed by atoms with van der Waals surface area (Å²) in [6.45, 7) is 1.60. The predicted molar refractivity (Wildman–Crippen MR) is 67.6 cm³/mol. The fraction of sp³-hybridized carbons (Fsp3) is 0.417. The molecule has 3 rings (SSSR count). The summed E-state index contributed by atoms with van der Waals surface area (Å²) in [4.78, 5) is 15.9. The third kappa shape index (κ3) is 2.75. The van der Waals surface area contributed by atoms with E-state index in [1.807, 2.05) is 12.4 Å². The number of aromatic nitrogens is 3. The molecule has 0 unspecified atom stereocenters. The number of hydrogen-bond acceptors (Lipinski definition) is 4. The Balaban J connectivity index is 1.47. The van der Waals surface area contributed by atoms with E-state index in [9.17, 15) is 4.79 Å². The highest BCUT2D eigenvalue weighted by atomic mass is 16.5. The number of anilines is 1. The van der Waals surface area contributed by atoms with E-state index in [2.05, 4.69) is 29.9 Å². The average molecular weight is 261 g/mol. The minimum absolute atomic E-state index is 0.261. The maximum atomic E-state index is 11.6. The highest BCUT2D eigenvalue weighted by Crippen LogP contribution is 2.18. The van der Waals surface area contributed by atoms with Crippen LogP contribution in [0.4, 0.5) is 10.6 Å². The minimum Gasteiger partial charge on any atom is -0.363 e. The van der Waals surface area contributed by atoms with Gasteiger partial charge in [0.25, 0.3) is 0 Å². The van der Waals surface area contributed by atoms with Gasteiger partial charge >= 0.3 is 6.03 Å². The molecule has 2 N–H and O–H groups in total. The van der Waals surface area contributed by atoms with Gasteiger partial charge in [-0.1, -0.05) is 5.16 Å². The number of amides is 2. The van der Waals surface area contributed by atoms with Crippen LogP contribution in [0.25, 0.3) is 0 Å². The lowest BCUT2D eigenvalue weighted by Gasteiger charge is -2.23. The van der Waals surface area contributed by atoms with Gasteiger partial charge in [0.05, 0.1) is 0 Å². The molecule has 0 spiro atoms. The number of urea groups is 1. The van der Waals surface area contributed by atoms with E-state index in [1.165, 1.54) is 6.26 Å². The molecule has 0 aromatic carbocycles. The first-order valence-electron chi connectivity index (χ1n) is 6.26. The van der Waals surface area contributed by atoms with E-state index < -0.39 is 0 Å². The van der Waals surface area contributed by atoms with Crippen molar-refractivity contribution < 1.29 is 9.32 Å². The quantitative estimate of drug-likeness (QED) is 0.871. The molecular formula is C12H15N5O2. The molecule has 2 aromatic heterocycles. The number of nitrogens with zero attached hydrogens (tertiary/aromatic N) is 3. The Labute approximate surface area is 110 Å². The summed E-state index contributed by atoms with van der Waals surface area (Å²) < 4.78 is 6.80. The summed E-state index contributed by atoms with van der Waals surface area (Å²) >= 11 is 0. The van der Waals surface area contributed by atoms with Crippen molar-refractivity contribution in [3.05, 3.63) is 30.5 Å². The van der Waals surface area contributed by atoms with Gasteiger partial charge in [0.15, 0.2) is 5.82 Å². The summed E-state index contributed by atoms with van der Waals surface area (Å²) in [5.41, 5.74) is 0. The lowest BCUT2D eigenvalue weighted by atomic mass is 9.98. The Kier molecular flexibility index (Phi) is 3.18. The van der Waals surface area contributed by atoms with Gasteiger partial charge in [-0.2, -0.15) is 0 Å². The van der Waals surface area contributed by atoms with Crippen LogP contribution in [0.5, 0.6) is 0 Å². The van der Waals surface area contributed by atoms with Gasteiger partial charge in [0.2, 0.25) is 0 Å². The molecule has 7 heteroatoms. The van der Waals surface area contributed by atoms with Crippen molar-refractivity contribution in [1.82, 2.24) is 20.0 Å². The molecule has 0 saturated heterocycles. The maximum Gasteiger partial charge on any atom is 0.320 e. The van der Waals surface area contributed by atoms with Gasteiger partial charge in [-0.05, 0) is 12.3 Å². The zero-order valence-corrected chi connectivity index (χ0v) is 10.4. The normalized spacial score (nSPS) is 17.8. The van der Waals surface area contributed by atoms with E-state index in [1.54, 1.807) is 6.07 Å². The Morgan fingerprint density at radius 1 is 1.58 bits per heavy atom. The molecule has 2 amide bonds. The van der Waals surface area contributed by atoms with Crippen LogP contribution in [0, 0.1) is 5.92 Å². The molecule has 7 nitrogen and oxygen atoms in total. The Bertz CT molecular complexity index is 548. The van der Waals surface area contributed by atoms with Crippen LogP contribution in [-0.4, -0.2) is 27.3 Å². The highest BCUT2D eigenvalue weighted by molar-refractivity contribution is 5.87. The van der Waals surface area contributed by atoms with Gasteiger partial charge < -0.3 is 14.4 Å². The van der Waals surface area contributed by atoms with Gasteiger partial charge in [-0.25, -0.2) is 9.78 Å². The lowest BCUT2D eigenvalue weighted by molar-refractivity contribution is 0.248. The summed E-state index contributed by atoms with van der Waals surface area (Å²) in [5.74, 6) is 1.93. The van der Waals surface area contributed by atoms with Crippen LogP contribution < -0.4 is 10.6 Å². The van der Waals surface area contributed by atoms with Crippen LogP contribution >= 0.6 is 0 Å². The maximum absolute atomic E-state index is 11.6. The van der Waals surface area contributed by atoms with Crippen LogP contribution in [0.15, 0.2) is 29.2 Å². The van der Waals surface area contributed by atoms with Crippen molar-refractivity contribution >= 4 is 11.8 Å². The molecular weight excluding hydrogens is 246 g/mol. The second kappa shape index (κ2) is 5.13. The number of nitrogens with one attached hydrogen (secondary N) is 2. The van der Waals surface area contributed by atoms with E-state index in [0.29, 0.717) is 18.3 Å². The number of carbonyl (C=O) groups is 1. The largest absolute Gasteiger partial charge is 0.363 e. The molecule has 1 aliphatic heterocycles. The first-order valence-corrected chi connectivity index (χ1v) is 6.26. The molecule has 0 fully saturated rings. The van der Waals surface area contributed by atoms with Crippen molar-refractivity contribution in [2.24, 2.45) is 5.92 Å². The Hall–Kier alpha value is -2.31. The Morgan fingerprint density at radius 2 is 2.53 bits per heavy atom. The van der Waals surface area contributed by atoms with E-state index in [4.69, 9.17) is 0 Å². The standard InChI is InChI=1S/C12H15N5O2/c18-12(15-10-2-6-19-16-10)14-8-9-1-4-17-5-3-13-11(17)7-9/h2-3,5-6,9H,1,4,7-8H2,(H2,14,15,16,18)/t9-/m1/s1. The van der Waals surface area contributed by atoms with Crippen LogP contribution in [0.1, 0.15) is 12.2 Å². The number of rotatable bonds is 3. The first kappa shape index (κ1) is 11.8. The van der Waals surface area contributed by atoms with Gasteiger partial charge in [-0.15, -0.1) is 0 Å². The van der Waals surface area contributed by atoms with Gasteiger partial charge in [-0.3, -0.25) is 5.32 Å². The summed E-state index contributed by atoms with van der Waals surface area (Å²) in [6.07, 6.45) is 7.18. The number of imidazole rings is 1. The van der Waals surface area contributed by atoms with Crippen molar-refractivity contribution in [2.45, 2.75) is 19.4 Å². The van der Waals surface area contributed by atoms with Crippen molar-refractivity contribution in [2.75, 3.05) is 11.9 Å². The monoisotopic (exact) mass is 261 g/mol. The molecule has 19 heavy (non-hydrogen) atoms. The number of hydrogen-bond donors (Lipinski definition) is 2. The molecule has 0 aliphatic carbocycles. The smallest absolute Gasteiger partial charge is 0.320 e. The zero-order chi connectivity index (χ0) is 13.1. The van der Waals surface area contributed by atoms with Crippen molar-refractivity contribution in [3.63, 3.8) is 0 Å². The number of aryl methyl sites for hydroxylation is 1. The summed E-state index contributed by atoms with van der Waals surface area (Å²) in [7, 11) is 0. The zero-order valence-electron chi connectivity index (χ0n) is 10.4. The number of fused-ring (bicyclic) bond motifs is 1. The van der Waals surface area contributed by atoms with Crippen molar-refractivity contribution in [3.8, 4) is 0 Å². The lowest BCUT2D eigenvalue weighted by Crippen LogP contribution is -2.35. The minimum atomic E-state index is -0.261. The van der Waals surface area contributed by atoms with Crippen LogP contribution in [0.2, 0.25) is 0 Å². The van der Waals surface area contributed by atoms with E-state index in [0.717, 1.165) is 25.2 Å².